The molecule has 4 rings (SSSR count). The molecule has 1 aliphatic heterocycles. The van der Waals surface area contributed by atoms with Crippen molar-refractivity contribution in [3.05, 3.63) is 24.0 Å². The summed E-state index contributed by atoms with van der Waals surface area (Å²) >= 11 is 1.37. The first-order valence-electron chi connectivity index (χ1n) is 6.58. The summed E-state index contributed by atoms with van der Waals surface area (Å²) in [7, 11) is 0. The maximum atomic E-state index is 9.59. The highest BCUT2D eigenvalue weighted by atomic mass is 32.1. The van der Waals surface area contributed by atoms with E-state index in [1.165, 1.54) is 23.5 Å². The topological polar surface area (TPSA) is 92.8 Å². The van der Waals surface area contributed by atoms with Gasteiger partial charge in [-0.1, -0.05) is 11.3 Å². The fourth-order valence-corrected chi connectivity index (χ4v) is 3.23. The molecule has 0 saturated carbocycles. The van der Waals surface area contributed by atoms with Crippen molar-refractivity contribution in [3.8, 4) is 22.1 Å². The average Bonchev–Trinajstić information content (AvgIpc) is 3.16. The Morgan fingerprint density at radius 3 is 2.90 bits per heavy atom. The second-order valence-corrected chi connectivity index (χ2v) is 5.82. The van der Waals surface area contributed by atoms with Crippen molar-refractivity contribution in [3.63, 3.8) is 0 Å². The van der Waals surface area contributed by atoms with E-state index in [0.29, 0.717) is 15.8 Å². The van der Waals surface area contributed by atoms with Crippen molar-refractivity contribution in [1.82, 2.24) is 19.8 Å². The molecule has 2 N–H and O–H groups in total. The third-order valence-corrected chi connectivity index (χ3v) is 4.40. The standard InChI is InChI=1S/C13H12N4O3S/c18-8-4-3-7(6-9(8)19)12-16-17-11(10-2-1-5-20-10)14-15-13(17)21-12/h3-4,6,10,18-19H,1-2,5H2. The Bertz CT molecular complexity index is 807. The van der Waals surface area contributed by atoms with Gasteiger partial charge in [0.1, 0.15) is 11.1 Å². The van der Waals surface area contributed by atoms with Crippen LogP contribution in [0.15, 0.2) is 18.2 Å². The van der Waals surface area contributed by atoms with Crippen molar-refractivity contribution in [1.29, 1.82) is 0 Å². The lowest BCUT2D eigenvalue weighted by molar-refractivity contribution is 0.103. The molecule has 1 aromatic carbocycles. The number of rotatable bonds is 2. The molecule has 0 radical (unpaired) electrons. The summed E-state index contributed by atoms with van der Waals surface area (Å²) in [6, 6.07) is 4.62. The van der Waals surface area contributed by atoms with Crippen LogP contribution in [0.1, 0.15) is 24.8 Å². The zero-order valence-corrected chi connectivity index (χ0v) is 11.7. The fraction of sp³-hybridized carbons (Fsp3) is 0.308. The van der Waals surface area contributed by atoms with Crippen molar-refractivity contribution in [2.75, 3.05) is 6.61 Å². The van der Waals surface area contributed by atoms with Crippen molar-refractivity contribution in [2.24, 2.45) is 0 Å². The predicted octanol–water partition coefficient (Wildman–Crippen LogP) is 2.12. The Morgan fingerprint density at radius 2 is 2.14 bits per heavy atom. The van der Waals surface area contributed by atoms with Crippen molar-refractivity contribution in [2.45, 2.75) is 18.9 Å². The molecule has 7 nitrogen and oxygen atoms in total. The smallest absolute Gasteiger partial charge is 0.235 e. The van der Waals surface area contributed by atoms with Crippen LogP contribution in [-0.4, -0.2) is 36.6 Å². The maximum Gasteiger partial charge on any atom is 0.235 e. The number of phenols is 2. The van der Waals surface area contributed by atoms with E-state index in [0.717, 1.165) is 25.0 Å². The van der Waals surface area contributed by atoms with Crippen LogP contribution in [0.4, 0.5) is 0 Å². The number of ether oxygens (including phenoxy) is 1. The van der Waals surface area contributed by atoms with Crippen LogP contribution in [0.2, 0.25) is 0 Å². The van der Waals surface area contributed by atoms with Gasteiger partial charge in [0.25, 0.3) is 0 Å². The van der Waals surface area contributed by atoms with Crippen LogP contribution in [0.25, 0.3) is 15.5 Å². The molecular weight excluding hydrogens is 292 g/mol. The summed E-state index contributed by atoms with van der Waals surface area (Å²) in [5.41, 5.74) is 0.721. The quantitative estimate of drug-likeness (QED) is 0.704. The highest BCUT2D eigenvalue weighted by Gasteiger charge is 2.25. The molecular formula is C13H12N4O3S. The van der Waals surface area contributed by atoms with Crippen LogP contribution in [0.3, 0.4) is 0 Å². The lowest BCUT2D eigenvalue weighted by atomic mass is 10.2. The number of aromatic nitrogens is 4. The molecule has 1 saturated heterocycles. The van der Waals surface area contributed by atoms with Crippen LogP contribution < -0.4 is 0 Å². The van der Waals surface area contributed by atoms with Crippen molar-refractivity contribution >= 4 is 16.3 Å². The summed E-state index contributed by atoms with van der Waals surface area (Å²) in [4.78, 5) is 0.683. The van der Waals surface area contributed by atoms with Gasteiger partial charge >= 0.3 is 0 Å². The first-order chi connectivity index (χ1) is 10.2. The Kier molecular flexibility index (Phi) is 2.79. The molecule has 0 aliphatic carbocycles. The zero-order chi connectivity index (χ0) is 14.4. The number of aromatic hydroxyl groups is 2. The Balaban J connectivity index is 1.78. The molecule has 21 heavy (non-hydrogen) atoms. The van der Waals surface area contributed by atoms with E-state index < -0.39 is 0 Å². The molecule has 1 aliphatic rings. The number of nitrogens with zero attached hydrogens (tertiary/aromatic N) is 4. The van der Waals surface area contributed by atoms with E-state index in [4.69, 9.17) is 4.74 Å². The second kappa shape index (κ2) is 4.68. The molecule has 1 unspecified atom stereocenters. The highest BCUT2D eigenvalue weighted by molar-refractivity contribution is 7.19. The van der Waals surface area contributed by atoms with E-state index in [2.05, 4.69) is 15.3 Å². The number of hydrogen-bond acceptors (Lipinski definition) is 7. The number of fused-ring (bicyclic) bond motifs is 1. The monoisotopic (exact) mass is 304 g/mol. The van der Waals surface area contributed by atoms with Gasteiger partial charge in [-0.05, 0) is 31.0 Å². The van der Waals surface area contributed by atoms with E-state index >= 15 is 0 Å². The Hall–Kier alpha value is -2.19. The van der Waals surface area contributed by atoms with Gasteiger partial charge in [0.2, 0.25) is 4.96 Å². The first-order valence-corrected chi connectivity index (χ1v) is 7.40. The average molecular weight is 304 g/mol. The van der Waals surface area contributed by atoms with Crippen LogP contribution in [0, 0.1) is 0 Å². The van der Waals surface area contributed by atoms with Crippen LogP contribution in [0.5, 0.6) is 11.5 Å². The van der Waals surface area contributed by atoms with Crippen molar-refractivity contribution < 1.29 is 14.9 Å². The fourth-order valence-electron chi connectivity index (χ4n) is 2.39. The third-order valence-electron chi connectivity index (χ3n) is 3.46. The molecule has 108 valence electrons. The van der Waals surface area contributed by atoms with Gasteiger partial charge in [0.05, 0.1) is 0 Å². The molecule has 8 heteroatoms. The van der Waals surface area contributed by atoms with Gasteiger partial charge in [-0.25, -0.2) is 0 Å². The largest absolute Gasteiger partial charge is 0.504 e. The molecule has 0 amide bonds. The van der Waals surface area contributed by atoms with Gasteiger partial charge in [-0.15, -0.1) is 10.2 Å². The molecule has 3 aromatic rings. The minimum absolute atomic E-state index is 0.0526. The number of phenolic OH excluding ortho intramolecular Hbond substituents is 2. The van der Waals surface area contributed by atoms with E-state index in [1.54, 1.807) is 10.6 Å². The normalized spacial score (nSPS) is 18.6. The first kappa shape index (κ1) is 12.5. The summed E-state index contributed by atoms with van der Waals surface area (Å²) in [6.45, 7) is 0.739. The SMILES string of the molecule is Oc1ccc(-c2nn3c(C4CCCO4)nnc3s2)cc1O. The highest BCUT2D eigenvalue weighted by Crippen LogP contribution is 2.34. The predicted molar refractivity (Wildman–Crippen MR) is 75.4 cm³/mol. The van der Waals surface area contributed by atoms with Crippen LogP contribution in [-0.2, 0) is 4.74 Å². The summed E-state index contributed by atoms with van der Waals surface area (Å²) in [5.74, 6) is 0.396. The third kappa shape index (κ3) is 2.03. The van der Waals surface area contributed by atoms with Gasteiger partial charge in [-0.2, -0.15) is 9.61 Å². The number of benzene rings is 1. The minimum Gasteiger partial charge on any atom is -0.504 e. The lowest BCUT2D eigenvalue weighted by Gasteiger charge is -2.04. The molecule has 2 aromatic heterocycles. The molecule has 1 atom stereocenters. The lowest BCUT2D eigenvalue weighted by Crippen LogP contribution is -2.03. The summed E-state index contributed by atoms with van der Waals surface area (Å²) < 4.78 is 7.32. The Labute approximate surface area is 123 Å². The van der Waals surface area contributed by atoms with E-state index in [9.17, 15) is 10.2 Å². The molecule has 1 fully saturated rings. The van der Waals surface area contributed by atoms with Gasteiger partial charge in [0, 0.05) is 12.2 Å². The molecule has 0 spiro atoms. The second-order valence-electron chi connectivity index (χ2n) is 4.86. The number of hydrogen-bond donors (Lipinski definition) is 2. The van der Waals surface area contributed by atoms with Gasteiger partial charge in [-0.3, -0.25) is 0 Å². The maximum absolute atomic E-state index is 9.59. The minimum atomic E-state index is -0.169. The summed E-state index contributed by atoms with van der Waals surface area (Å²) in [5, 5.41) is 32.4. The Morgan fingerprint density at radius 1 is 1.24 bits per heavy atom. The summed E-state index contributed by atoms with van der Waals surface area (Å²) in [6.07, 6.45) is 1.89. The molecule has 3 heterocycles. The van der Waals surface area contributed by atoms with E-state index in [-0.39, 0.29) is 17.6 Å². The van der Waals surface area contributed by atoms with Gasteiger partial charge < -0.3 is 14.9 Å². The zero-order valence-electron chi connectivity index (χ0n) is 10.9. The molecule has 0 bridgehead atoms. The van der Waals surface area contributed by atoms with E-state index in [1.807, 2.05) is 0 Å². The van der Waals surface area contributed by atoms with Gasteiger partial charge in [0.15, 0.2) is 17.3 Å². The van der Waals surface area contributed by atoms with Crippen LogP contribution >= 0.6 is 11.3 Å².